The molecule has 0 spiro atoms. The number of alkyl halides is 1. The second-order valence-electron chi connectivity index (χ2n) is 4.14. The van der Waals surface area contributed by atoms with E-state index in [1.165, 1.54) is 7.11 Å². The summed E-state index contributed by atoms with van der Waals surface area (Å²) in [5.74, 6) is 0.796. The van der Waals surface area contributed by atoms with E-state index in [1.54, 1.807) is 18.2 Å². The zero-order valence-electron chi connectivity index (χ0n) is 10.5. The van der Waals surface area contributed by atoms with Gasteiger partial charge in [0.2, 0.25) is 0 Å². The number of hydrogen-bond donors (Lipinski definition) is 1. The molecule has 0 heterocycles. The van der Waals surface area contributed by atoms with Crippen LogP contribution in [0.3, 0.4) is 0 Å². The van der Waals surface area contributed by atoms with Gasteiger partial charge in [-0.15, -0.1) is 0 Å². The van der Waals surface area contributed by atoms with E-state index in [0.29, 0.717) is 28.8 Å². The molecule has 0 saturated heterocycles. The summed E-state index contributed by atoms with van der Waals surface area (Å²) >= 11 is 9.24. The summed E-state index contributed by atoms with van der Waals surface area (Å²) in [5.41, 5.74) is 0.507. The Morgan fingerprint density at radius 3 is 2.89 bits per heavy atom. The highest BCUT2D eigenvalue weighted by molar-refractivity contribution is 9.09. The first-order valence-corrected chi connectivity index (χ1v) is 7.26. The normalized spacial score (nSPS) is 12.0. The van der Waals surface area contributed by atoms with E-state index in [1.807, 2.05) is 0 Å². The van der Waals surface area contributed by atoms with Crippen LogP contribution in [0.5, 0.6) is 5.75 Å². The molecule has 1 rings (SSSR count). The van der Waals surface area contributed by atoms with Gasteiger partial charge in [0.1, 0.15) is 5.75 Å². The zero-order chi connectivity index (χ0) is 13.5. The van der Waals surface area contributed by atoms with E-state index in [-0.39, 0.29) is 5.91 Å². The monoisotopic (exact) mass is 333 g/mol. The van der Waals surface area contributed by atoms with Gasteiger partial charge in [0, 0.05) is 16.9 Å². The van der Waals surface area contributed by atoms with Gasteiger partial charge in [-0.25, -0.2) is 0 Å². The van der Waals surface area contributed by atoms with Gasteiger partial charge in [0.05, 0.1) is 12.7 Å². The van der Waals surface area contributed by atoms with Crippen molar-refractivity contribution in [2.75, 3.05) is 19.0 Å². The second-order valence-corrected chi connectivity index (χ2v) is 5.37. The number of benzene rings is 1. The lowest BCUT2D eigenvalue weighted by Crippen LogP contribution is -2.28. The highest BCUT2D eigenvalue weighted by atomic mass is 79.9. The average molecular weight is 335 g/mol. The third-order valence-corrected chi connectivity index (χ3v) is 3.31. The molecule has 0 fully saturated rings. The van der Waals surface area contributed by atoms with Gasteiger partial charge >= 0.3 is 0 Å². The van der Waals surface area contributed by atoms with Crippen LogP contribution >= 0.6 is 27.5 Å². The fraction of sp³-hybridized carbons (Fsp3) is 0.462. The van der Waals surface area contributed by atoms with E-state index in [4.69, 9.17) is 16.3 Å². The third kappa shape index (κ3) is 4.50. The Kier molecular flexibility index (Phi) is 6.50. The summed E-state index contributed by atoms with van der Waals surface area (Å²) in [6.07, 6.45) is 1.03. The van der Waals surface area contributed by atoms with E-state index in [0.717, 1.165) is 11.8 Å². The van der Waals surface area contributed by atoms with Gasteiger partial charge in [-0.05, 0) is 30.5 Å². The number of carbonyl (C=O) groups excluding carboxylic acids is 1. The van der Waals surface area contributed by atoms with Crippen LogP contribution in [0.25, 0.3) is 0 Å². The van der Waals surface area contributed by atoms with Gasteiger partial charge in [0.15, 0.2) is 0 Å². The molecule has 18 heavy (non-hydrogen) atoms. The van der Waals surface area contributed by atoms with E-state index >= 15 is 0 Å². The molecule has 0 aromatic heterocycles. The number of nitrogens with one attached hydrogen (secondary N) is 1. The summed E-state index contributed by atoms with van der Waals surface area (Å²) in [6, 6.07) is 4.99. The van der Waals surface area contributed by atoms with Crippen molar-refractivity contribution in [3.8, 4) is 5.75 Å². The predicted octanol–water partition coefficient (Wildman–Crippen LogP) is 3.50. The first kappa shape index (κ1) is 15.3. The molecule has 0 radical (unpaired) electrons. The molecule has 0 bridgehead atoms. The molecule has 0 aliphatic carbocycles. The Hall–Kier alpha value is -0.740. The zero-order valence-corrected chi connectivity index (χ0v) is 12.8. The first-order chi connectivity index (χ1) is 8.58. The molecule has 0 aliphatic rings. The van der Waals surface area contributed by atoms with Crippen LogP contribution in [0.1, 0.15) is 23.7 Å². The van der Waals surface area contributed by atoms with E-state index < -0.39 is 0 Å². The quantitative estimate of drug-likeness (QED) is 0.809. The van der Waals surface area contributed by atoms with Crippen molar-refractivity contribution in [1.29, 1.82) is 0 Å². The first-order valence-electron chi connectivity index (χ1n) is 5.76. The minimum atomic E-state index is -0.134. The molecule has 0 aliphatic heterocycles. The Morgan fingerprint density at radius 1 is 1.56 bits per heavy atom. The molecule has 1 atom stereocenters. The van der Waals surface area contributed by atoms with Gasteiger partial charge in [-0.3, -0.25) is 4.79 Å². The van der Waals surface area contributed by atoms with Crippen molar-refractivity contribution >= 4 is 33.4 Å². The minimum absolute atomic E-state index is 0.134. The maximum Gasteiger partial charge on any atom is 0.255 e. The Bertz CT molecular complexity index is 412. The van der Waals surface area contributed by atoms with Crippen molar-refractivity contribution in [2.24, 2.45) is 5.92 Å². The predicted molar refractivity (Wildman–Crippen MR) is 77.9 cm³/mol. The van der Waals surface area contributed by atoms with Crippen molar-refractivity contribution in [1.82, 2.24) is 5.32 Å². The summed E-state index contributed by atoms with van der Waals surface area (Å²) in [4.78, 5) is 12.0. The van der Waals surface area contributed by atoms with Crippen LogP contribution in [0, 0.1) is 5.92 Å². The standard InChI is InChI=1S/C13H17BrClNO2/c1-9(5-6-14)8-16-13(17)11-4-3-10(15)7-12(11)18-2/h3-4,7,9H,5-6,8H2,1-2H3,(H,16,17). The summed E-state index contributed by atoms with van der Waals surface area (Å²) in [7, 11) is 1.52. The maximum atomic E-state index is 12.0. The molecule has 1 aromatic rings. The van der Waals surface area contributed by atoms with E-state index in [2.05, 4.69) is 28.2 Å². The van der Waals surface area contributed by atoms with E-state index in [9.17, 15) is 4.79 Å². The second kappa shape index (κ2) is 7.64. The van der Waals surface area contributed by atoms with Gasteiger partial charge in [-0.2, -0.15) is 0 Å². The number of ether oxygens (including phenoxy) is 1. The summed E-state index contributed by atoms with van der Waals surface area (Å²) < 4.78 is 5.15. The molecular weight excluding hydrogens is 318 g/mol. The lowest BCUT2D eigenvalue weighted by atomic mass is 10.1. The maximum absolute atomic E-state index is 12.0. The SMILES string of the molecule is COc1cc(Cl)ccc1C(=O)NCC(C)CCBr. The number of hydrogen-bond acceptors (Lipinski definition) is 2. The molecule has 1 aromatic carbocycles. The molecule has 1 N–H and O–H groups in total. The molecule has 1 amide bonds. The van der Waals surface area contributed by atoms with Gasteiger partial charge in [0.25, 0.3) is 5.91 Å². The molecule has 1 unspecified atom stereocenters. The molecular formula is C13H17BrClNO2. The molecule has 3 nitrogen and oxygen atoms in total. The highest BCUT2D eigenvalue weighted by Crippen LogP contribution is 2.23. The summed E-state index contributed by atoms with van der Waals surface area (Å²) in [5, 5.41) is 4.39. The van der Waals surface area contributed by atoms with Crippen LogP contribution in [0.15, 0.2) is 18.2 Å². The van der Waals surface area contributed by atoms with Gasteiger partial charge < -0.3 is 10.1 Å². The number of carbonyl (C=O) groups is 1. The average Bonchev–Trinajstić information content (AvgIpc) is 2.36. The van der Waals surface area contributed by atoms with Crippen LogP contribution in [0.4, 0.5) is 0 Å². The van der Waals surface area contributed by atoms with Crippen LogP contribution in [-0.4, -0.2) is 24.9 Å². The Labute approximate surface area is 121 Å². The fourth-order valence-corrected chi connectivity index (χ4v) is 2.45. The molecule has 100 valence electrons. The van der Waals surface area contributed by atoms with Crippen molar-refractivity contribution in [2.45, 2.75) is 13.3 Å². The Morgan fingerprint density at radius 2 is 2.28 bits per heavy atom. The lowest BCUT2D eigenvalue weighted by molar-refractivity contribution is 0.0945. The summed E-state index contributed by atoms with van der Waals surface area (Å²) in [6.45, 7) is 2.75. The van der Waals surface area contributed by atoms with Crippen LogP contribution < -0.4 is 10.1 Å². The smallest absolute Gasteiger partial charge is 0.255 e. The van der Waals surface area contributed by atoms with Crippen LogP contribution in [0.2, 0.25) is 5.02 Å². The number of rotatable bonds is 6. The van der Waals surface area contributed by atoms with Crippen molar-refractivity contribution < 1.29 is 9.53 Å². The van der Waals surface area contributed by atoms with Gasteiger partial charge in [-0.1, -0.05) is 34.5 Å². The third-order valence-electron chi connectivity index (χ3n) is 2.62. The molecule has 5 heteroatoms. The fourth-order valence-electron chi connectivity index (χ4n) is 1.50. The minimum Gasteiger partial charge on any atom is -0.496 e. The lowest BCUT2D eigenvalue weighted by Gasteiger charge is -2.13. The van der Waals surface area contributed by atoms with Crippen molar-refractivity contribution in [3.05, 3.63) is 28.8 Å². The number of halogens is 2. The number of methoxy groups -OCH3 is 1. The van der Waals surface area contributed by atoms with Crippen molar-refractivity contribution in [3.63, 3.8) is 0 Å². The largest absolute Gasteiger partial charge is 0.496 e. The molecule has 0 saturated carbocycles. The topological polar surface area (TPSA) is 38.3 Å². The number of amides is 1. The Balaban J connectivity index is 2.66. The van der Waals surface area contributed by atoms with Crippen LogP contribution in [-0.2, 0) is 0 Å². The highest BCUT2D eigenvalue weighted by Gasteiger charge is 2.13.